The van der Waals surface area contributed by atoms with Gasteiger partial charge in [0.05, 0.1) is 5.69 Å². The molecule has 0 spiro atoms. The van der Waals surface area contributed by atoms with Crippen LogP contribution in [0.15, 0.2) is 63.3 Å². The number of unbranched alkanes of at least 4 members (excludes halogenated alkanes) is 1. The first-order valence-corrected chi connectivity index (χ1v) is 12.7. The maximum absolute atomic E-state index is 12.1. The van der Waals surface area contributed by atoms with Crippen molar-refractivity contribution >= 4 is 35.1 Å². The highest BCUT2D eigenvalue weighted by molar-refractivity contribution is 7.99. The van der Waals surface area contributed by atoms with Gasteiger partial charge in [0.15, 0.2) is 0 Å². The average molecular weight is 463 g/mol. The van der Waals surface area contributed by atoms with Crippen molar-refractivity contribution in [1.29, 1.82) is 0 Å². The van der Waals surface area contributed by atoms with Gasteiger partial charge in [0.2, 0.25) is 11.8 Å². The van der Waals surface area contributed by atoms with E-state index >= 15 is 0 Å². The fourth-order valence-electron chi connectivity index (χ4n) is 4.78. The highest BCUT2D eigenvalue weighted by Crippen LogP contribution is 2.40. The quantitative estimate of drug-likeness (QED) is 0.496. The zero-order chi connectivity index (χ0) is 22.8. The molecule has 6 nitrogen and oxygen atoms in total. The minimum Gasteiger partial charge on any atom is -0.354 e. The van der Waals surface area contributed by atoms with Crippen LogP contribution in [-0.4, -0.2) is 71.6 Å². The molecular formula is C26H30N4O2S. The summed E-state index contributed by atoms with van der Waals surface area (Å²) in [6.07, 6.45) is 2.24. The third kappa shape index (κ3) is 4.70. The normalized spacial score (nSPS) is 21.0. The summed E-state index contributed by atoms with van der Waals surface area (Å²) in [6.45, 7) is 7.28. The number of rotatable bonds is 5. The van der Waals surface area contributed by atoms with E-state index in [4.69, 9.17) is 4.99 Å². The first-order valence-electron chi connectivity index (χ1n) is 11.9. The summed E-state index contributed by atoms with van der Waals surface area (Å²) in [6, 6.07) is 16.9. The number of para-hydroxylation sites is 1. The van der Waals surface area contributed by atoms with Crippen LogP contribution in [0.4, 0.5) is 5.69 Å². The molecule has 2 saturated heterocycles. The van der Waals surface area contributed by atoms with Crippen molar-refractivity contribution in [3.8, 4) is 0 Å². The van der Waals surface area contributed by atoms with E-state index in [-0.39, 0.29) is 17.7 Å². The fourth-order valence-corrected chi connectivity index (χ4v) is 5.80. The molecule has 2 aromatic carbocycles. The maximum atomic E-state index is 12.1. The van der Waals surface area contributed by atoms with Crippen LogP contribution < -0.4 is 0 Å². The van der Waals surface area contributed by atoms with Crippen molar-refractivity contribution in [1.82, 2.24) is 14.7 Å². The number of carbonyl (C=O) groups is 2. The van der Waals surface area contributed by atoms with Crippen LogP contribution in [0.5, 0.6) is 0 Å². The van der Waals surface area contributed by atoms with E-state index in [1.165, 1.54) is 20.3 Å². The van der Waals surface area contributed by atoms with Crippen molar-refractivity contribution < 1.29 is 9.59 Å². The van der Waals surface area contributed by atoms with Crippen LogP contribution in [0.1, 0.15) is 31.7 Å². The lowest BCUT2D eigenvalue weighted by atomic mass is 10.1. The van der Waals surface area contributed by atoms with Crippen LogP contribution >= 0.6 is 11.8 Å². The minimum absolute atomic E-state index is 0.00203. The number of amides is 2. The lowest BCUT2D eigenvalue weighted by molar-refractivity contribution is -0.139. The monoisotopic (exact) mass is 462 g/mol. The molecule has 0 aromatic heterocycles. The second kappa shape index (κ2) is 9.69. The Labute approximate surface area is 199 Å². The molecule has 1 unspecified atom stereocenters. The first-order chi connectivity index (χ1) is 16.1. The van der Waals surface area contributed by atoms with Gasteiger partial charge in [-0.15, -0.1) is 0 Å². The van der Waals surface area contributed by atoms with Crippen molar-refractivity contribution in [2.75, 3.05) is 39.3 Å². The lowest BCUT2D eigenvalue weighted by Gasteiger charge is -2.36. The van der Waals surface area contributed by atoms with Crippen LogP contribution in [0, 0.1) is 5.92 Å². The van der Waals surface area contributed by atoms with Gasteiger partial charge in [-0.2, -0.15) is 0 Å². The number of likely N-dealkylation sites (tertiary alicyclic amines) is 1. The van der Waals surface area contributed by atoms with Gasteiger partial charge in [0.25, 0.3) is 0 Å². The fraction of sp³-hybridized carbons (Fsp3) is 0.423. The molecule has 0 N–H and O–H groups in total. The van der Waals surface area contributed by atoms with Gasteiger partial charge in [0, 0.05) is 60.4 Å². The summed E-state index contributed by atoms with van der Waals surface area (Å²) >= 11 is 1.79. The number of piperazine rings is 1. The van der Waals surface area contributed by atoms with Crippen LogP contribution in [0.25, 0.3) is 0 Å². The first kappa shape index (κ1) is 22.2. The zero-order valence-electron chi connectivity index (χ0n) is 19.1. The molecule has 0 bridgehead atoms. The molecule has 0 radical (unpaired) electrons. The molecule has 1 atom stereocenters. The van der Waals surface area contributed by atoms with E-state index in [0.717, 1.165) is 57.1 Å². The lowest BCUT2D eigenvalue weighted by Crippen LogP contribution is -2.49. The van der Waals surface area contributed by atoms with Crippen molar-refractivity contribution in [3.05, 3.63) is 54.1 Å². The second-order valence-corrected chi connectivity index (χ2v) is 10.1. The van der Waals surface area contributed by atoms with Crippen molar-refractivity contribution in [2.24, 2.45) is 10.9 Å². The summed E-state index contributed by atoms with van der Waals surface area (Å²) in [4.78, 5) is 37.9. The molecule has 172 valence electrons. The molecule has 2 aromatic rings. The van der Waals surface area contributed by atoms with Gasteiger partial charge in [-0.1, -0.05) is 49.0 Å². The summed E-state index contributed by atoms with van der Waals surface area (Å²) in [5, 5.41) is 0. The van der Waals surface area contributed by atoms with Gasteiger partial charge in [-0.25, -0.2) is 4.99 Å². The van der Waals surface area contributed by atoms with Gasteiger partial charge in [-0.3, -0.25) is 19.4 Å². The molecular weight excluding hydrogens is 432 g/mol. The number of imide groups is 1. The Bertz CT molecular complexity index is 1080. The number of benzene rings is 2. The molecule has 2 fully saturated rings. The van der Waals surface area contributed by atoms with E-state index in [0.29, 0.717) is 13.0 Å². The third-order valence-electron chi connectivity index (χ3n) is 6.69. The SMILES string of the molecule is CC1CC(=O)N(CCCCN2CCN(C3=Nc4ccccc4Sc4ccccc43)CC2)C1=O. The Kier molecular flexibility index (Phi) is 6.51. The van der Waals surface area contributed by atoms with E-state index in [1.54, 1.807) is 11.8 Å². The third-order valence-corrected chi connectivity index (χ3v) is 7.83. The van der Waals surface area contributed by atoms with Crippen molar-refractivity contribution in [2.45, 2.75) is 36.0 Å². The molecule has 5 rings (SSSR count). The summed E-state index contributed by atoms with van der Waals surface area (Å²) in [7, 11) is 0. The number of hydrogen-bond acceptors (Lipinski definition) is 6. The molecule has 3 aliphatic heterocycles. The topological polar surface area (TPSA) is 56.2 Å². The van der Waals surface area contributed by atoms with Crippen LogP contribution in [0.3, 0.4) is 0 Å². The number of carbonyl (C=O) groups excluding carboxylic acids is 2. The Balaban J connectivity index is 1.18. The number of fused-ring (bicyclic) bond motifs is 2. The largest absolute Gasteiger partial charge is 0.354 e. The van der Waals surface area contributed by atoms with E-state index in [1.807, 2.05) is 6.92 Å². The highest BCUT2D eigenvalue weighted by Gasteiger charge is 2.34. The standard InChI is InChI=1S/C26H30N4O2S/c1-19-18-24(31)30(26(19)32)13-7-6-12-28-14-16-29(17-15-28)25-20-8-2-4-10-22(20)33-23-11-5-3-9-21(23)27-25/h2-5,8-11,19H,6-7,12-18H2,1H3. The Morgan fingerprint density at radius 3 is 2.36 bits per heavy atom. The highest BCUT2D eigenvalue weighted by atomic mass is 32.2. The van der Waals surface area contributed by atoms with Crippen molar-refractivity contribution in [3.63, 3.8) is 0 Å². The van der Waals surface area contributed by atoms with E-state index in [9.17, 15) is 9.59 Å². The summed E-state index contributed by atoms with van der Waals surface area (Å²) < 4.78 is 0. The molecule has 0 saturated carbocycles. The number of amidine groups is 1. The summed E-state index contributed by atoms with van der Waals surface area (Å²) in [5.41, 5.74) is 2.25. The molecule has 3 aliphatic rings. The zero-order valence-corrected chi connectivity index (χ0v) is 19.9. The Morgan fingerprint density at radius 1 is 0.909 bits per heavy atom. The van der Waals surface area contributed by atoms with Gasteiger partial charge >= 0.3 is 0 Å². The predicted octanol–water partition coefficient (Wildman–Crippen LogP) is 4.02. The minimum atomic E-state index is -0.145. The maximum Gasteiger partial charge on any atom is 0.232 e. The smallest absolute Gasteiger partial charge is 0.232 e. The molecule has 2 amide bonds. The Morgan fingerprint density at radius 2 is 1.61 bits per heavy atom. The van der Waals surface area contributed by atoms with Crippen LogP contribution in [-0.2, 0) is 9.59 Å². The molecule has 0 aliphatic carbocycles. The number of nitrogens with zero attached hydrogens (tertiary/aromatic N) is 4. The number of aliphatic imine (C=N–C) groups is 1. The molecule has 33 heavy (non-hydrogen) atoms. The average Bonchev–Trinajstić information content (AvgIpc) is 2.98. The predicted molar refractivity (Wildman–Crippen MR) is 131 cm³/mol. The van der Waals surface area contributed by atoms with Gasteiger partial charge in [-0.05, 0) is 37.6 Å². The summed E-state index contributed by atoms with van der Waals surface area (Å²) in [5.74, 6) is 0.916. The molecule has 3 heterocycles. The van der Waals surface area contributed by atoms with Gasteiger partial charge in [0.1, 0.15) is 5.84 Å². The second-order valence-electron chi connectivity index (χ2n) is 9.03. The molecule has 7 heteroatoms. The van der Waals surface area contributed by atoms with E-state index < -0.39 is 0 Å². The van der Waals surface area contributed by atoms with Gasteiger partial charge < -0.3 is 4.90 Å². The number of hydrogen-bond donors (Lipinski definition) is 0. The van der Waals surface area contributed by atoms with E-state index in [2.05, 4.69) is 58.3 Å². The Hall–Kier alpha value is -2.64. The van der Waals surface area contributed by atoms with Crippen LogP contribution in [0.2, 0.25) is 0 Å².